The zero-order valence-electron chi connectivity index (χ0n) is 14.3. The Morgan fingerprint density at radius 1 is 0.917 bits per heavy atom. The number of fused-ring (bicyclic) bond motifs is 1. The summed E-state index contributed by atoms with van der Waals surface area (Å²) in [5, 5.41) is 0. The molecule has 0 bridgehead atoms. The maximum absolute atomic E-state index is 5.49. The summed E-state index contributed by atoms with van der Waals surface area (Å²) >= 11 is 3.60. The van der Waals surface area contributed by atoms with Crippen molar-refractivity contribution in [3.63, 3.8) is 0 Å². The standard InChI is InChI=1S/C18H19BrN2O3/c1-9-6-12-13(7-10(9)2)21-18(20-12)11-8-14(22-3)16(23-4)17(24-5)15(11)19/h6-8H,1-5H3,(H,20,21). The Bertz CT molecular complexity index is 880. The van der Waals surface area contributed by atoms with Crippen LogP contribution >= 0.6 is 15.9 Å². The molecule has 5 nitrogen and oxygen atoms in total. The molecule has 0 amide bonds. The van der Waals surface area contributed by atoms with Gasteiger partial charge < -0.3 is 19.2 Å². The van der Waals surface area contributed by atoms with E-state index in [0.717, 1.165) is 26.9 Å². The third kappa shape index (κ3) is 2.60. The number of benzene rings is 2. The van der Waals surface area contributed by atoms with Crippen LogP contribution in [0.4, 0.5) is 0 Å². The summed E-state index contributed by atoms with van der Waals surface area (Å²) in [4.78, 5) is 8.08. The van der Waals surface area contributed by atoms with Gasteiger partial charge in [0.2, 0.25) is 5.75 Å². The Morgan fingerprint density at radius 2 is 1.58 bits per heavy atom. The smallest absolute Gasteiger partial charge is 0.204 e. The minimum atomic E-state index is 0.540. The predicted molar refractivity (Wildman–Crippen MR) is 98.4 cm³/mol. The van der Waals surface area contributed by atoms with Crippen molar-refractivity contribution in [2.75, 3.05) is 21.3 Å². The molecule has 0 unspecified atom stereocenters. The summed E-state index contributed by atoms with van der Waals surface area (Å²) in [5.41, 5.74) is 5.20. The van der Waals surface area contributed by atoms with Crippen LogP contribution in [0.3, 0.4) is 0 Å². The van der Waals surface area contributed by atoms with Gasteiger partial charge >= 0.3 is 0 Å². The Morgan fingerprint density at radius 3 is 2.21 bits per heavy atom. The van der Waals surface area contributed by atoms with Crippen molar-refractivity contribution in [2.24, 2.45) is 0 Å². The number of aromatic amines is 1. The number of rotatable bonds is 4. The van der Waals surface area contributed by atoms with Crippen molar-refractivity contribution in [1.29, 1.82) is 0 Å². The number of imidazole rings is 1. The number of nitrogens with one attached hydrogen (secondary N) is 1. The Balaban J connectivity index is 2.25. The zero-order chi connectivity index (χ0) is 17.4. The van der Waals surface area contributed by atoms with Gasteiger partial charge in [-0.2, -0.15) is 0 Å². The second-order valence-corrected chi connectivity index (χ2v) is 6.34. The van der Waals surface area contributed by atoms with E-state index in [4.69, 9.17) is 19.2 Å². The summed E-state index contributed by atoms with van der Waals surface area (Å²) in [6.45, 7) is 4.17. The molecule has 126 valence electrons. The summed E-state index contributed by atoms with van der Waals surface area (Å²) in [7, 11) is 4.77. The van der Waals surface area contributed by atoms with Crippen LogP contribution in [0.5, 0.6) is 17.2 Å². The van der Waals surface area contributed by atoms with E-state index in [1.165, 1.54) is 11.1 Å². The van der Waals surface area contributed by atoms with Crippen LogP contribution in [0.2, 0.25) is 0 Å². The summed E-state index contributed by atoms with van der Waals surface area (Å²) in [5.74, 6) is 2.43. The van der Waals surface area contributed by atoms with Crippen LogP contribution in [-0.2, 0) is 0 Å². The van der Waals surface area contributed by atoms with Crippen LogP contribution in [-0.4, -0.2) is 31.3 Å². The molecule has 0 saturated carbocycles. The van der Waals surface area contributed by atoms with Crippen LogP contribution < -0.4 is 14.2 Å². The maximum Gasteiger partial charge on any atom is 0.204 e. The van der Waals surface area contributed by atoms with E-state index < -0.39 is 0 Å². The minimum Gasteiger partial charge on any atom is -0.493 e. The Labute approximate surface area is 149 Å². The van der Waals surface area contributed by atoms with E-state index >= 15 is 0 Å². The second kappa shape index (κ2) is 6.36. The van der Waals surface area contributed by atoms with Crippen molar-refractivity contribution in [2.45, 2.75) is 13.8 Å². The molecular formula is C18H19BrN2O3. The van der Waals surface area contributed by atoms with Crippen LogP contribution in [0.1, 0.15) is 11.1 Å². The first-order valence-corrected chi connectivity index (χ1v) is 8.25. The molecule has 0 aliphatic heterocycles. The third-order valence-corrected chi connectivity index (χ3v) is 4.91. The summed E-state index contributed by atoms with van der Waals surface area (Å²) < 4.78 is 17.1. The van der Waals surface area contributed by atoms with Crippen molar-refractivity contribution in [3.05, 3.63) is 33.8 Å². The molecule has 0 aliphatic carbocycles. The van der Waals surface area contributed by atoms with Gasteiger partial charge in [-0.05, 0) is 59.1 Å². The Kier molecular flexibility index (Phi) is 4.41. The molecule has 3 rings (SSSR count). The van der Waals surface area contributed by atoms with E-state index in [0.29, 0.717) is 17.2 Å². The third-order valence-electron chi connectivity index (χ3n) is 4.12. The molecule has 6 heteroatoms. The fourth-order valence-electron chi connectivity index (χ4n) is 2.69. The molecule has 1 aromatic heterocycles. The van der Waals surface area contributed by atoms with E-state index in [1.807, 2.05) is 6.07 Å². The summed E-state index contributed by atoms with van der Waals surface area (Å²) in [6.07, 6.45) is 0. The minimum absolute atomic E-state index is 0.540. The normalized spacial score (nSPS) is 10.9. The lowest BCUT2D eigenvalue weighted by molar-refractivity contribution is 0.323. The first-order valence-electron chi connectivity index (χ1n) is 7.46. The molecule has 1 heterocycles. The van der Waals surface area contributed by atoms with Gasteiger partial charge in [0.1, 0.15) is 5.82 Å². The molecular weight excluding hydrogens is 372 g/mol. The lowest BCUT2D eigenvalue weighted by atomic mass is 10.1. The van der Waals surface area contributed by atoms with Gasteiger partial charge in [0.15, 0.2) is 11.5 Å². The fraction of sp³-hybridized carbons (Fsp3) is 0.278. The number of hydrogen-bond acceptors (Lipinski definition) is 4. The van der Waals surface area contributed by atoms with Crippen molar-refractivity contribution >= 4 is 27.0 Å². The van der Waals surface area contributed by atoms with E-state index in [1.54, 1.807) is 21.3 Å². The first kappa shape index (κ1) is 16.6. The van der Waals surface area contributed by atoms with E-state index in [-0.39, 0.29) is 0 Å². The fourth-order valence-corrected chi connectivity index (χ4v) is 3.33. The number of halogens is 1. The van der Waals surface area contributed by atoms with E-state index in [2.05, 4.69) is 46.9 Å². The number of aryl methyl sites for hydroxylation is 2. The number of aromatic nitrogens is 2. The van der Waals surface area contributed by atoms with Crippen molar-refractivity contribution in [1.82, 2.24) is 9.97 Å². The molecule has 0 atom stereocenters. The highest BCUT2D eigenvalue weighted by molar-refractivity contribution is 9.10. The number of methoxy groups -OCH3 is 3. The molecule has 0 radical (unpaired) electrons. The number of H-pyrrole nitrogens is 1. The average Bonchev–Trinajstić information content (AvgIpc) is 2.96. The Hall–Kier alpha value is -2.21. The van der Waals surface area contributed by atoms with Crippen LogP contribution in [0.15, 0.2) is 22.7 Å². The van der Waals surface area contributed by atoms with Gasteiger partial charge in [0.25, 0.3) is 0 Å². The lowest BCUT2D eigenvalue weighted by Crippen LogP contribution is -1.97. The number of hydrogen-bond donors (Lipinski definition) is 1. The largest absolute Gasteiger partial charge is 0.493 e. The monoisotopic (exact) mass is 390 g/mol. The van der Waals surface area contributed by atoms with Crippen molar-refractivity contribution in [3.8, 4) is 28.6 Å². The highest BCUT2D eigenvalue weighted by Crippen LogP contribution is 2.47. The van der Waals surface area contributed by atoms with Gasteiger partial charge in [-0.25, -0.2) is 4.98 Å². The molecule has 1 N–H and O–H groups in total. The topological polar surface area (TPSA) is 56.4 Å². The first-order chi connectivity index (χ1) is 11.5. The number of nitrogens with zero attached hydrogens (tertiary/aromatic N) is 1. The lowest BCUT2D eigenvalue weighted by Gasteiger charge is -2.15. The highest BCUT2D eigenvalue weighted by Gasteiger charge is 2.21. The number of ether oxygens (including phenoxy) is 3. The van der Waals surface area contributed by atoms with Gasteiger partial charge in [-0.3, -0.25) is 0 Å². The highest BCUT2D eigenvalue weighted by atomic mass is 79.9. The van der Waals surface area contributed by atoms with Crippen LogP contribution in [0, 0.1) is 13.8 Å². The molecule has 0 saturated heterocycles. The predicted octanol–water partition coefficient (Wildman–Crippen LogP) is 4.64. The molecule has 2 aromatic carbocycles. The zero-order valence-corrected chi connectivity index (χ0v) is 15.9. The SMILES string of the molecule is COc1cc(-c2nc3cc(C)c(C)cc3[nH]2)c(Br)c(OC)c1OC. The second-order valence-electron chi connectivity index (χ2n) is 5.55. The van der Waals surface area contributed by atoms with Gasteiger partial charge in [0.05, 0.1) is 36.8 Å². The summed E-state index contributed by atoms with van der Waals surface area (Å²) in [6, 6.07) is 6.06. The van der Waals surface area contributed by atoms with Gasteiger partial charge in [0, 0.05) is 5.56 Å². The molecule has 0 aliphatic rings. The average molecular weight is 391 g/mol. The van der Waals surface area contributed by atoms with Crippen LogP contribution in [0.25, 0.3) is 22.4 Å². The van der Waals surface area contributed by atoms with Crippen molar-refractivity contribution < 1.29 is 14.2 Å². The van der Waals surface area contributed by atoms with Gasteiger partial charge in [-0.15, -0.1) is 0 Å². The maximum atomic E-state index is 5.49. The molecule has 24 heavy (non-hydrogen) atoms. The van der Waals surface area contributed by atoms with E-state index in [9.17, 15) is 0 Å². The molecule has 0 fully saturated rings. The van der Waals surface area contributed by atoms with Gasteiger partial charge in [-0.1, -0.05) is 0 Å². The molecule has 0 spiro atoms. The molecule has 3 aromatic rings. The quantitative estimate of drug-likeness (QED) is 0.704.